The molecule has 3 N–H and O–H groups in total. The topological polar surface area (TPSA) is 122 Å². The highest BCUT2D eigenvalue weighted by Crippen LogP contribution is 2.51. The van der Waals surface area contributed by atoms with Crippen molar-refractivity contribution in [3.05, 3.63) is 96.8 Å². The Labute approximate surface area is 312 Å². The molecule has 3 aromatic carbocycles. The summed E-state index contributed by atoms with van der Waals surface area (Å²) in [5.74, 6) is 0.265. The van der Waals surface area contributed by atoms with Crippen molar-refractivity contribution in [1.29, 1.82) is 0 Å². The van der Waals surface area contributed by atoms with E-state index >= 15 is 0 Å². The molecule has 12 heteroatoms. The van der Waals surface area contributed by atoms with Crippen molar-refractivity contribution in [1.82, 2.24) is 15.1 Å². The quantitative estimate of drug-likeness (QED) is 0.182. The molecule has 3 aliphatic heterocycles. The monoisotopic (exact) mass is 743 g/mol. The van der Waals surface area contributed by atoms with Gasteiger partial charge in [0, 0.05) is 54.9 Å². The molecule has 3 saturated heterocycles. The molecule has 4 aliphatic rings. The van der Waals surface area contributed by atoms with Gasteiger partial charge < -0.3 is 30.4 Å². The zero-order valence-electron chi connectivity index (χ0n) is 30.1. The molecule has 1 saturated carbocycles. The lowest BCUT2D eigenvalue weighted by atomic mass is 9.57. The van der Waals surface area contributed by atoms with Crippen LogP contribution >= 0.6 is 0 Å². The number of carbonyl (C=O) groups is 2. The lowest BCUT2D eigenvalue weighted by molar-refractivity contribution is -0.111. The van der Waals surface area contributed by atoms with Gasteiger partial charge in [0.25, 0.3) is 0 Å². The summed E-state index contributed by atoms with van der Waals surface area (Å²) in [6.45, 7) is 11.0. The van der Waals surface area contributed by atoms with E-state index in [2.05, 4.69) is 38.0 Å². The predicted molar refractivity (Wildman–Crippen MR) is 203 cm³/mol. The van der Waals surface area contributed by atoms with Crippen LogP contribution in [0.1, 0.15) is 44.1 Å². The number of nitrogens with zero attached hydrogens (tertiary/aromatic N) is 3. The number of anilines is 2. The maximum Gasteiger partial charge on any atom is 0.404 e. The van der Waals surface area contributed by atoms with Crippen molar-refractivity contribution < 1.29 is 27.5 Å². The van der Waals surface area contributed by atoms with Gasteiger partial charge in [0.05, 0.1) is 9.79 Å². The van der Waals surface area contributed by atoms with Crippen LogP contribution in [0, 0.1) is 23.6 Å². The van der Waals surface area contributed by atoms with Gasteiger partial charge in [0.2, 0.25) is 15.7 Å². The first-order chi connectivity index (χ1) is 25.5. The Morgan fingerprint density at radius 3 is 2.28 bits per heavy atom. The number of piperidine rings is 1. The van der Waals surface area contributed by atoms with E-state index in [-0.39, 0.29) is 33.0 Å². The molecule has 2 amide bonds. The fourth-order valence-electron chi connectivity index (χ4n) is 9.48. The summed E-state index contributed by atoms with van der Waals surface area (Å²) >= 11 is 0. The SMILES string of the molecule is C=CC(=O)Nc1cccc(S(=O)(=O)c2ccc(N3CC(CN4CCC([C@@](CN5CCC5)(c5cccc(F)c5)[C@H]5CCC[C@@H]5NC(=O)O)CC4)C3)cc2)c1. The number of amides is 2. The molecular formula is C41H50FN5O5S. The van der Waals surface area contributed by atoms with Gasteiger partial charge >= 0.3 is 6.09 Å². The van der Waals surface area contributed by atoms with Crippen LogP contribution in [0.3, 0.4) is 0 Å². The molecule has 3 heterocycles. The molecule has 0 spiro atoms. The molecule has 0 radical (unpaired) electrons. The molecule has 282 valence electrons. The summed E-state index contributed by atoms with van der Waals surface area (Å²) in [5, 5.41) is 15.2. The van der Waals surface area contributed by atoms with Gasteiger partial charge in [0.15, 0.2) is 0 Å². The third kappa shape index (κ3) is 7.86. The average Bonchev–Trinajstić information content (AvgIpc) is 3.57. The second-order valence-electron chi connectivity index (χ2n) is 15.3. The lowest BCUT2D eigenvalue weighted by Gasteiger charge is -2.54. The van der Waals surface area contributed by atoms with E-state index < -0.39 is 21.8 Å². The van der Waals surface area contributed by atoms with Gasteiger partial charge in [-0.3, -0.25) is 4.79 Å². The largest absolute Gasteiger partial charge is 0.465 e. The molecule has 10 nitrogen and oxygen atoms in total. The van der Waals surface area contributed by atoms with Crippen LogP contribution in [0.15, 0.2) is 95.2 Å². The van der Waals surface area contributed by atoms with Crippen molar-refractivity contribution in [2.75, 3.05) is 62.6 Å². The first-order valence-electron chi connectivity index (χ1n) is 18.9. The van der Waals surface area contributed by atoms with Gasteiger partial charge in [-0.1, -0.05) is 31.2 Å². The van der Waals surface area contributed by atoms with E-state index in [1.165, 1.54) is 18.2 Å². The van der Waals surface area contributed by atoms with Crippen molar-refractivity contribution in [2.45, 2.75) is 59.8 Å². The number of nitrogens with one attached hydrogen (secondary N) is 2. The number of benzene rings is 3. The summed E-state index contributed by atoms with van der Waals surface area (Å²) in [7, 11) is -3.77. The Morgan fingerprint density at radius 2 is 1.62 bits per heavy atom. The molecular weight excluding hydrogens is 694 g/mol. The standard InChI is InChI=1S/C41H50FN5O5S/c1-2-39(48)43-33-9-4-10-36(24-33)53(51,52)35-15-13-34(14-16-35)47-26-29(27-47)25-45-21-17-30(18-22-45)41(28-46-19-6-20-46,31-7-3-8-32(42)23-31)37-11-5-12-38(37)44-40(49)50/h2-4,7-10,13-16,23-24,29-30,37-38,44H,1,5-6,11-12,17-22,25-28H2,(H,43,48)(H,49,50)/t37-,38-,41-/m0/s1. The summed E-state index contributed by atoms with van der Waals surface area (Å²) in [6, 6.07) is 20.2. The summed E-state index contributed by atoms with van der Waals surface area (Å²) in [5.41, 5.74) is 2.05. The molecule has 7 rings (SSSR count). The highest BCUT2D eigenvalue weighted by molar-refractivity contribution is 7.91. The van der Waals surface area contributed by atoms with Gasteiger partial charge in [-0.05, 0) is 136 Å². The third-order valence-corrected chi connectivity index (χ3v) is 13.9. The number of sulfone groups is 1. The number of carbonyl (C=O) groups excluding carboxylic acids is 1. The molecule has 4 fully saturated rings. The highest BCUT2D eigenvalue weighted by Gasteiger charge is 2.53. The van der Waals surface area contributed by atoms with E-state index in [1.807, 2.05) is 18.2 Å². The molecule has 53 heavy (non-hydrogen) atoms. The zero-order valence-corrected chi connectivity index (χ0v) is 30.9. The molecule has 0 bridgehead atoms. The van der Waals surface area contributed by atoms with Gasteiger partial charge in [-0.15, -0.1) is 0 Å². The molecule has 3 aromatic rings. The summed E-state index contributed by atoms with van der Waals surface area (Å²) < 4.78 is 41.7. The van der Waals surface area contributed by atoms with Crippen LogP contribution in [0.2, 0.25) is 0 Å². The number of halogens is 1. The summed E-state index contributed by atoms with van der Waals surface area (Å²) in [4.78, 5) is 31.2. The average molecular weight is 744 g/mol. The van der Waals surface area contributed by atoms with Crippen molar-refractivity contribution >= 4 is 33.2 Å². The van der Waals surface area contributed by atoms with Crippen molar-refractivity contribution in [2.24, 2.45) is 17.8 Å². The molecule has 1 aliphatic carbocycles. The van der Waals surface area contributed by atoms with Crippen LogP contribution in [0.25, 0.3) is 0 Å². The minimum Gasteiger partial charge on any atom is -0.465 e. The number of carboxylic acid groups (broad SMARTS) is 1. The molecule has 0 unspecified atom stereocenters. The normalized spacial score (nSPS) is 22.7. The predicted octanol–water partition coefficient (Wildman–Crippen LogP) is 6.01. The van der Waals surface area contributed by atoms with Gasteiger partial charge in [-0.25, -0.2) is 17.6 Å². The smallest absolute Gasteiger partial charge is 0.404 e. The van der Waals surface area contributed by atoms with Crippen LogP contribution in [0.4, 0.5) is 20.6 Å². The van der Waals surface area contributed by atoms with E-state index in [0.29, 0.717) is 17.5 Å². The fourth-order valence-corrected chi connectivity index (χ4v) is 10.8. The number of hydrogen-bond acceptors (Lipinski definition) is 7. The van der Waals surface area contributed by atoms with Crippen LogP contribution < -0.4 is 15.5 Å². The van der Waals surface area contributed by atoms with E-state index in [0.717, 1.165) is 108 Å². The molecule has 0 aromatic heterocycles. The first kappa shape index (κ1) is 37.1. The summed E-state index contributed by atoms with van der Waals surface area (Å²) in [6.07, 6.45) is 5.99. The first-order valence-corrected chi connectivity index (χ1v) is 20.4. The second-order valence-corrected chi connectivity index (χ2v) is 17.3. The Balaban J connectivity index is 0.987. The van der Waals surface area contributed by atoms with Crippen LogP contribution in [-0.2, 0) is 20.0 Å². The Bertz CT molecular complexity index is 1910. The number of likely N-dealkylation sites (tertiary alicyclic amines) is 2. The maximum absolute atomic E-state index is 14.9. The fraction of sp³-hybridized carbons (Fsp3) is 0.463. The van der Waals surface area contributed by atoms with E-state index in [4.69, 9.17) is 0 Å². The highest BCUT2D eigenvalue weighted by atomic mass is 32.2. The third-order valence-electron chi connectivity index (χ3n) is 12.2. The number of hydrogen-bond donors (Lipinski definition) is 3. The van der Waals surface area contributed by atoms with E-state index in [9.17, 15) is 27.5 Å². The van der Waals surface area contributed by atoms with Crippen LogP contribution in [0.5, 0.6) is 0 Å². The van der Waals surface area contributed by atoms with Crippen LogP contribution in [-0.4, -0.2) is 93.7 Å². The van der Waals surface area contributed by atoms with Crippen molar-refractivity contribution in [3.8, 4) is 0 Å². The maximum atomic E-state index is 14.9. The van der Waals surface area contributed by atoms with Gasteiger partial charge in [0.1, 0.15) is 5.82 Å². The number of rotatable bonds is 13. The van der Waals surface area contributed by atoms with Gasteiger partial charge in [-0.2, -0.15) is 0 Å². The Hall–Kier alpha value is -4.26. The Morgan fingerprint density at radius 1 is 0.887 bits per heavy atom. The molecule has 3 atom stereocenters. The minimum atomic E-state index is -3.77. The van der Waals surface area contributed by atoms with E-state index in [1.54, 1.807) is 30.3 Å². The van der Waals surface area contributed by atoms with Crippen molar-refractivity contribution in [3.63, 3.8) is 0 Å². The second kappa shape index (κ2) is 15.6. The lowest BCUT2D eigenvalue weighted by Crippen LogP contribution is -2.60. The zero-order chi connectivity index (χ0) is 37.2. The Kier molecular flexibility index (Phi) is 10.9. The minimum absolute atomic E-state index is 0.105.